The number of hydrogen-bond acceptors (Lipinski definition) is 3. The number of likely N-dealkylation sites (tertiary alicyclic amines) is 1. The number of piperidine rings is 1. The molecule has 0 spiro atoms. The Morgan fingerprint density at radius 3 is 2.52 bits per heavy atom. The number of rotatable bonds is 6. The Morgan fingerprint density at radius 1 is 1.12 bits per heavy atom. The molecular formula is C21H26N2O2. The topological polar surface area (TPSA) is 32.8 Å². The summed E-state index contributed by atoms with van der Waals surface area (Å²) in [5.74, 6) is 1.53. The maximum atomic E-state index is 12.6. The molecule has 4 nitrogen and oxygen atoms in total. The second kappa shape index (κ2) is 8.67. The molecule has 1 heterocycles. The van der Waals surface area contributed by atoms with Crippen LogP contribution < -0.4 is 9.64 Å². The molecule has 1 aliphatic rings. The molecule has 1 fully saturated rings. The van der Waals surface area contributed by atoms with Gasteiger partial charge in [-0.1, -0.05) is 36.4 Å². The van der Waals surface area contributed by atoms with Crippen LogP contribution in [0.1, 0.15) is 12.8 Å². The third-order valence-corrected chi connectivity index (χ3v) is 4.71. The summed E-state index contributed by atoms with van der Waals surface area (Å²) in [6.07, 6.45) is 2.27. The summed E-state index contributed by atoms with van der Waals surface area (Å²) in [5, 5.41) is 0. The fraction of sp³-hybridized carbons (Fsp3) is 0.381. The summed E-state index contributed by atoms with van der Waals surface area (Å²) < 4.78 is 5.89. The van der Waals surface area contributed by atoms with Crippen molar-refractivity contribution in [2.45, 2.75) is 12.8 Å². The molecule has 0 saturated carbocycles. The van der Waals surface area contributed by atoms with Crippen LogP contribution in [0.15, 0.2) is 60.7 Å². The van der Waals surface area contributed by atoms with Crippen LogP contribution in [0.25, 0.3) is 0 Å². The largest absolute Gasteiger partial charge is 0.493 e. The van der Waals surface area contributed by atoms with E-state index in [1.54, 1.807) is 4.90 Å². The molecule has 1 atom stereocenters. The number of nitrogens with zero attached hydrogens (tertiary/aromatic N) is 2. The number of para-hydroxylation sites is 2. The maximum absolute atomic E-state index is 12.6. The van der Waals surface area contributed by atoms with Gasteiger partial charge in [-0.25, -0.2) is 0 Å². The highest BCUT2D eigenvalue weighted by atomic mass is 16.5. The number of hydrogen-bond donors (Lipinski definition) is 0. The molecule has 2 aromatic rings. The van der Waals surface area contributed by atoms with Gasteiger partial charge in [-0.15, -0.1) is 0 Å². The average molecular weight is 338 g/mol. The molecule has 0 N–H and O–H groups in total. The van der Waals surface area contributed by atoms with Gasteiger partial charge in [0.25, 0.3) is 0 Å². The van der Waals surface area contributed by atoms with Crippen molar-refractivity contribution < 1.29 is 9.53 Å². The first-order valence-corrected chi connectivity index (χ1v) is 8.94. The minimum Gasteiger partial charge on any atom is -0.493 e. The van der Waals surface area contributed by atoms with Crippen molar-refractivity contribution in [1.82, 2.24) is 4.90 Å². The zero-order valence-electron chi connectivity index (χ0n) is 14.8. The van der Waals surface area contributed by atoms with Crippen LogP contribution in [0.4, 0.5) is 5.69 Å². The van der Waals surface area contributed by atoms with E-state index >= 15 is 0 Å². The average Bonchev–Trinajstić information content (AvgIpc) is 2.67. The Morgan fingerprint density at radius 2 is 1.80 bits per heavy atom. The van der Waals surface area contributed by atoms with Gasteiger partial charge in [0.15, 0.2) is 0 Å². The van der Waals surface area contributed by atoms with E-state index in [1.165, 1.54) is 0 Å². The van der Waals surface area contributed by atoms with Gasteiger partial charge in [-0.05, 0) is 43.7 Å². The second-order valence-electron chi connectivity index (χ2n) is 6.66. The van der Waals surface area contributed by atoms with E-state index in [2.05, 4.69) is 4.90 Å². The fourth-order valence-corrected chi connectivity index (χ4v) is 3.25. The van der Waals surface area contributed by atoms with Gasteiger partial charge in [-0.2, -0.15) is 0 Å². The highest BCUT2D eigenvalue weighted by Gasteiger charge is 2.23. The van der Waals surface area contributed by atoms with Crippen LogP contribution in [0.3, 0.4) is 0 Å². The van der Waals surface area contributed by atoms with E-state index in [0.29, 0.717) is 19.1 Å². The maximum Gasteiger partial charge on any atom is 0.240 e. The first-order chi connectivity index (χ1) is 12.2. The number of ether oxygens (including phenoxy) is 1. The summed E-state index contributed by atoms with van der Waals surface area (Å²) in [5.41, 5.74) is 0.938. The SMILES string of the molecule is CN(C(=O)CN1CCCC(COc2ccccc2)C1)c1ccccc1. The van der Waals surface area contributed by atoms with E-state index < -0.39 is 0 Å². The first-order valence-electron chi connectivity index (χ1n) is 8.94. The summed E-state index contributed by atoms with van der Waals surface area (Å²) in [4.78, 5) is 16.5. The summed E-state index contributed by atoms with van der Waals surface area (Å²) in [6.45, 7) is 3.08. The summed E-state index contributed by atoms with van der Waals surface area (Å²) in [7, 11) is 1.84. The number of benzene rings is 2. The Balaban J connectivity index is 1.48. The molecular weight excluding hydrogens is 312 g/mol. The van der Waals surface area contributed by atoms with Crippen LogP contribution in [-0.2, 0) is 4.79 Å². The minimum atomic E-state index is 0.135. The van der Waals surface area contributed by atoms with Gasteiger partial charge in [-0.3, -0.25) is 9.69 Å². The van der Waals surface area contributed by atoms with Crippen molar-refractivity contribution in [1.29, 1.82) is 0 Å². The molecule has 0 radical (unpaired) electrons. The lowest BCUT2D eigenvalue weighted by Crippen LogP contribution is -2.44. The quantitative estimate of drug-likeness (QED) is 0.809. The molecule has 1 amide bonds. The number of amides is 1. The summed E-state index contributed by atoms with van der Waals surface area (Å²) in [6, 6.07) is 19.7. The number of anilines is 1. The lowest BCUT2D eigenvalue weighted by molar-refractivity contribution is -0.119. The molecule has 0 aliphatic carbocycles. The van der Waals surface area contributed by atoms with E-state index in [4.69, 9.17) is 4.74 Å². The van der Waals surface area contributed by atoms with Crippen LogP contribution in [0.5, 0.6) is 5.75 Å². The Kier molecular flexibility index (Phi) is 6.07. The fourth-order valence-electron chi connectivity index (χ4n) is 3.25. The Bertz CT molecular complexity index is 660. The zero-order chi connectivity index (χ0) is 17.5. The van der Waals surface area contributed by atoms with Gasteiger partial charge in [0.1, 0.15) is 5.75 Å². The van der Waals surface area contributed by atoms with Gasteiger partial charge < -0.3 is 9.64 Å². The molecule has 0 aromatic heterocycles. The molecule has 3 rings (SSSR count). The predicted molar refractivity (Wildman–Crippen MR) is 101 cm³/mol. The smallest absolute Gasteiger partial charge is 0.240 e. The van der Waals surface area contributed by atoms with Crippen molar-refractivity contribution >= 4 is 11.6 Å². The second-order valence-corrected chi connectivity index (χ2v) is 6.66. The van der Waals surface area contributed by atoms with Gasteiger partial charge in [0, 0.05) is 25.2 Å². The molecule has 2 aromatic carbocycles. The lowest BCUT2D eigenvalue weighted by Gasteiger charge is -2.33. The third-order valence-electron chi connectivity index (χ3n) is 4.71. The summed E-state index contributed by atoms with van der Waals surface area (Å²) >= 11 is 0. The molecule has 1 saturated heterocycles. The number of carbonyl (C=O) groups excluding carboxylic acids is 1. The van der Waals surface area contributed by atoms with Crippen molar-refractivity contribution in [2.75, 3.05) is 38.2 Å². The highest BCUT2D eigenvalue weighted by molar-refractivity contribution is 5.94. The lowest BCUT2D eigenvalue weighted by atomic mass is 9.99. The van der Waals surface area contributed by atoms with Crippen molar-refractivity contribution in [2.24, 2.45) is 5.92 Å². The number of likely N-dealkylation sites (N-methyl/N-ethyl adjacent to an activating group) is 1. The van der Waals surface area contributed by atoms with Crippen molar-refractivity contribution in [3.63, 3.8) is 0 Å². The first kappa shape index (κ1) is 17.5. The van der Waals surface area contributed by atoms with Crippen LogP contribution >= 0.6 is 0 Å². The van der Waals surface area contributed by atoms with E-state index in [0.717, 1.165) is 37.4 Å². The van der Waals surface area contributed by atoms with Crippen LogP contribution in [0, 0.1) is 5.92 Å². The monoisotopic (exact) mass is 338 g/mol. The van der Waals surface area contributed by atoms with Gasteiger partial charge >= 0.3 is 0 Å². The molecule has 0 bridgehead atoms. The molecule has 4 heteroatoms. The van der Waals surface area contributed by atoms with E-state index in [9.17, 15) is 4.79 Å². The molecule has 25 heavy (non-hydrogen) atoms. The standard InChI is InChI=1S/C21H26N2O2/c1-22(19-10-4-2-5-11-19)21(24)16-23-14-8-9-18(15-23)17-25-20-12-6-3-7-13-20/h2-7,10-13,18H,8-9,14-17H2,1H3. The van der Waals surface area contributed by atoms with Crippen molar-refractivity contribution in [3.05, 3.63) is 60.7 Å². The zero-order valence-corrected chi connectivity index (χ0v) is 14.8. The molecule has 1 unspecified atom stereocenters. The highest BCUT2D eigenvalue weighted by Crippen LogP contribution is 2.19. The number of carbonyl (C=O) groups is 1. The molecule has 132 valence electrons. The predicted octanol–water partition coefficient (Wildman–Crippen LogP) is 3.44. The van der Waals surface area contributed by atoms with Crippen LogP contribution in [0.2, 0.25) is 0 Å². The van der Waals surface area contributed by atoms with Crippen LogP contribution in [-0.4, -0.2) is 44.1 Å². The minimum absolute atomic E-state index is 0.135. The van der Waals surface area contributed by atoms with Gasteiger partial charge in [0.05, 0.1) is 13.2 Å². The molecule has 1 aliphatic heterocycles. The van der Waals surface area contributed by atoms with Crippen molar-refractivity contribution in [3.8, 4) is 5.75 Å². The van der Waals surface area contributed by atoms with Gasteiger partial charge in [0.2, 0.25) is 5.91 Å². The normalized spacial score (nSPS) is 17.9. The Hall–Kier alpha value is -2.33. The van der Waals surface area contributed by atoms with E-state index in [-0.39, 0.29) is 5.91 Å². The third kappa shape index (κ3) is 5.07. The van der Waals surface area contributed by atoms with E-state index in [1.807, 2.05) is 67.7 Å². The Labute approximate surface area is 150 Å².